The molecular weight excluding hydrogens is 232 g/mol. The molecule has 3 rings (SSSR count). The van der Waals surface area contributed by atoms with Gasteiger partial charge in [-0.25, -0.2) is 0 Å². The third kappa shape index (κ3) is 2.50. The Morgan fingerprint density at radius 3 is 2.79 bits per heavy atom. The number of rotatable bonds is 5. The SMILES string of the molecule is CCC1(CNCc2cccc3cccnc23)CCC1. The zero-order valence-corrected chi connectivity index (χ0v) is 11.7. The van der Waals surface area contributed by atoms with Crippen molar-refractivity contribution in [3.63, 3.8) is 0 Å². The van der Waals surface area contributed by atoms with Gasteiger partial charge in [-0.05, 0) is 36.3 Å². The van der Waals surface area contributed by atoms with Crippen molar-refractivity contribution in [2.75, 3.05) is 6.54 Å². The molecule has 0 radical (unpaired) electrons. The Balaban J connectivity index is 1.68. The third-order valence-corrected chi connectivity index (χ3v) is 4.70. The van der Waals surface area contributed by atoms with E-state index in [1.807, 2.05) is 12.3 Å². The fourth-order valence-corrected chi connectivity index (χ4v) is 3.10. The largest absolute Gasteiger partial charge is 0.312 e. The molecule has 2 nitrogen and oxygen atoms in total. The number of benzene rings is 1. The molecule has 0 bridgehead atoms. The van der Waals surface area contributed by atoms with Crippen LogP contribution in [0.1, 0.15) is 38.2 Å². The number of hydrogen-bond acceptors (Lipinski definition) is 2. The van der Waals surface area contributed by atoms with E-state index in [-0.39, 0.29) is 0 Å². The summed E-state index contributed by atoms with van der Waals surface area (Å²) in [6.07, 6.45) is 7.37. The summed E-state index contributed by atoms with van der Waals surface area (Å²) in [6.45, 7) is 4.39. The Morgan fingerprint density at radius 1 is 1.21 bits per heavy atom. The van der Waals surface area contributed by atoms with Gasteiger partial charge in [0, 0.05) is 24.7 Å². The van der Waals surface area contributed by atoms with Crippen LogP contribution in [-0.2, 0) is 6.54 Å². The standard InChI is InChI=1S/C17H22N2/c1-2-17(9-5-10-17)13-18-12-15-7-3-6-14-8-4-11-19-16(14)15/h3-4,6-8,11,18H,2,5,9-10,12-13H2,1H3. The van der Waals surface area contributed by atoms with Gasteiger partial charge in [-0.15, -0.1) is 0 Å². The highest BCUT2D eigenvalue weighted by molar-refractivity contribution is 5.81. The molecule has 0 amide bonds. The summed E-state index contributed by atoms with van der Waals surface area (Å²) < 4.78 is 0. The Morgan fingerprint density at radius 2 is 2.05 bits per heavy atom. The molecule has 0 saturated heterocycles. The Hall–Kier alpha value is -1.41. The lowest BCUT2D eigenvalue weighted by Crippen LogP contribution is -2.39. The summed E-state index contributed by atoms with van der Waals surface area (Å²) in [5.74, 6) is 0. The van der Waals surface area contributed by atoms with Gasteiger partial charge in [-0.2, -0.15) is 0 Å². The molecule has 1 aromatic heterocycles. The van der Waals surface area contributed by atoms with E-state index in [0.717, 1.165) is 18.6 Å². The van der Waals surface area contributed by atoms with Gasteiger partial charge in [0.1, 0.15) is 0 Å². The van der Waals surface area contributed by atoms with Crippen LogP contribution in [0.2, 0.25) is 0 Å². The Labute approximate surface area is 115 Å². The van der Waals surface area contributed by atoms with Crippen LogP contribution in [0.15, 0.2) is 36.5 Å². The van der Waals surface area contributed by atoms with E-state index in [1.54, 1.807) is 0 Å². The second kappa shape index (κ2) is 5.30. The van der Waals surface area contributed by atoms with E-state index < -0.39 is 0 Å². The van der Waals surface area contributed by atoms with Crippen molar-refractivity contribution in [3.8, 4) is 0 Å². The van der Waals surface area contributed by atoms with Crippen molar-refractivity contribution in [2.24, 2.45) is 5.41 Å². The number of nitrogens with one attached hydrogen (secondary N) is 1. The van der Waals surface area contributed by atoms with E-state index in [1.165, 1.54) is 36.6 Å². The smallest absolute Gasteiger partial charge is 0.0746 e. The first-order chi connectivity index (χ1) is 9.33. The Bertz CT molecular complexity index is 547. The molecule has 1 aliphatic rings. The molecule has 1 saturated carbocycles. The Kier molecular flexibility index (Phi) is 3.52. The maximum atomic E-state index is 4.51. The summed E-state index contributed by atoms with van der Waals surface area (Å²) in [7, 11) is 0. The number of nitrogens with zero attached hydrogens (tertiary/aromatic N) is 1. The van der Waals surface area contributed by atoms with Crippen LogP contribution < -0.4 is 5.32 Å². The number of para-hydroxylation sites is 1. The van der Waals surface area contributed by atoms with Gasteiger partial charge in [0.2, 0.25) is 0 Å². The van der Waals surface area contributed by atoms with Crippen molar-refractivity contribution in [1.82, 2.24) is 10.3 Å². The summed E-state index contributed by atoms with van der Waals surface area (Å²) in [5, 5.41) is 4.88. The van der Waals surface area contributed by atoms with E-state index in [2.05, 4.69) is 41.5 Å². The summed E-state index contributed by atoms with van der Waals surface area (Å²) in [5.41, 5.74) is 3.03. The minimum atomic E-state index is 0.581. The molecule has 1 heterocycles. The predicted molar refractivity (Wildman–Crippen MR) is 80.0 cm³/mol. The minimum absolute atomic E-state index is 0.581. The zero-order chi connectivity index (χ0) is 13.1. The molecule has 0 spiro atoms. The van der Waals surface area contributed by atoms with Crippen molar-refractivity contribution in [1.29, 1.82) is 0 Å². The zero-order valence-electron chi connectivity index (χ0n) is 11.7. The minimum Gasteiger partial charge on any atom is -0.312 e. The van der Waals surface area contributed by atoms with Crippen LogP contribution in [0.25, 0.3) is 10.9 Å². The molecule has 100 valence electrons. The summed E-state index contributed by atoms with van der Waals surface area (Å²) in [4.78, 5) is 4.51. The van der Waals surface area contributed by atoms with Gasteiger partial charge in [-0.3, -0.25) is 4.98 Å². The van der Waals surface area contributed by atoms with E-state index >= 15 is 0 Å². The number of hydrogen-bond donors (Lipinski definition) is 1. The molecule has 2 heteroatoms. The lowest BCUT2D eigenvalue weighted by Gasteiger charge is -2.41. The van der Waals surface area contributed by atoms with Gasteiger partial charge in [0.25, 0.3) is 0 Å². The van der Waals surface area contributed by atoms with Crippen LogP contribution in [-0.4, -0.2) is 11.5 Å². The highest BCUT2D eigenvalue weighted by Gasteiger charge is 2.34. The molecule has 1 N–H and O–H groups in total. The normalized spacial score (nSPS) is 17.3. The maximum Gasteiger partial charge on any atom is 0.0746 e. The van der Waals surface area contributed by atoms with Crippen LogP contribution in [0.3, 0.4) is 0 Å². The summed E-state index contributed by atoms with van der Waals surface area (Å²) in [6, 6.07) is 10.6. The van der Waals surface area contributed by atoms with E-state index in [4.69, 9.17) is 0 Å². The molecule has 1 aromatic carbocycles. The van der Waals surface area contributed by atoms with Gasteiger partial charge in [-0.1, -0.05) is 37.6 Å². The van der Waals surface area contributed by atoms with Crippen molar-refractivity contribution in [3.05, 3.63) is 42.1 Å². The lowest BCUT2D eigenvalue weighted by atomic mass is 9.67. The molecule has 0 unspecified atom stereocenters. The molecule has 1 aliphatic carbocycles. The first-order valence-electron chi connectivity index (χ1n) is 7.36. The molecule has 1 fully saturated rings. The maximum absolute atomic E-state index is 4.51. The average Bonchev–Trinajstić information content (AvgIpc) is 2.42. The monoisotopic (exact) mass is 254 g/mol. The van der Waals surface area contributed by atoms with Crippen LogP contribution >= 0.6 is 0 Å². The lowest BCUT2D eigenvalue weighted by molar-refractivity contribution is 0.124. The number of aromatic nitrogens is 1. The van der Waals surface area contributed by atoms with Crippen molar-refractivity contribution >= 4 is 10.9 Å². The van der Waals surface area contributed by atoms with Crippen molar-refractivity contribution in [2.45, 2.75) is 39.2 Å². The van der Waals surface area contributed by atoms with E-state index in [0.29, 0.717) is 5.41 Å². The molecule has 0 aliphatic heterocycles. The first kappa shape index (κ1) is 12.6. The van der Waals surface area contributed by atoms with Crippen LogP contribution in [0.4, 0.5) is 0 Å². The molecule has 2 aromatic rings. The quantitative estimate of drug-likeness (QED) is 0.875. The molecular formula is C17H22N2. The van der Waals surface area contributed by atoms with Gasteiger partial charge >= 0.3 is 0 Å². The fourth-order valence-electron chi connectivity index (χ4n) is 3.10. The van der Waals surface area contributed by atoms with Crippen molar-refractivity contribution < 1.29 is 0 Å². The third-order valence-electron chi connectivity index (χ3n) is 4.70. The first-order valence-corrected chi connectivity index (χ1v) is 7.36. The van der Waals surface area contributed by atoms with Crippen LogP contribution in [0, 0.1) is 5.41 Å². The highest BCUT2D eigenvalue weighted by Crippen LogP contribution is 2.43. The summed E-state index contributed by atoms with van der Waals surface area (Å²) >= 11 is 0. The number of fused-ring (bicyclic) bond motifs is 1. The topological polar surface area (TPSA) is 24.9 Å². The second-order valence-corrected chi connectivity index (χ2v) is 5.80. The van der Waals surface area contributed by atoms with E-state index in [9.17, 15) is 0 Å². The highest BCUT2D eigenvalue weighted by atomic mass is 14.9. The molecule has 0 atom stereocenters. The van der Waals surface area contributed by atoms with Gasteiger partial charge in [0.05, 0.1) is 5.52 Å². The number of pyridine rings is 1. The fraction of sp³-hybridized carbons (Fsp3) is 0.471. The van der Waals surface area contributed by atoms with Gasteiger partial charge < -0.3 is 5.32 Å². The van der Waals surface area contributed by atoms with Gasteiger partial charge in [0.15, 0.2) is 0 Å². The molecule has 19 heavy (non-hydrogen) atoms. The second-order valence-electron chi connectivity index (χ2n) is 5.80. The van der Waals surface area contributed by atoms with Crippen LogP contribution in [0.5, 0.6) is 0 Å². The average molecular weight is 254 g/mol. The predicted octanol–water partition coefficient (Wildman–Crippen LogP) is 3.90.